The molecule has 0 saturated carbocycles. The molecule has 4 heteroatoms. The van der Waals surface area contributed by atoms with Gasteiger partial charge in [0, 0.05) is 18.8 Å². The highest BCUT2D eigenvalue weighted by molar-refractivity contribution is 5.45. The SMILES string of the molecule is CCCCOCCOCC(O)CNc1cccc(CC)c1. The zero-order valence-electron chi connectivity index (χ0n) is 13.3. The summed E-state index contributed by atoms with van der Waals surface area (Å²) in [6, 6.07) is 8.24. The molecule has 1 aromatic rings. The molecule has 21 heavy (non-hydrogen) atoms. The molecule has 1 rings (SSSR count). The standard InChI is InChI=1S/C17H29NO3/c1-3-5-9-20-10-11-21-14-17(19)13-18-16-8-6-7-15(4-2)12-16/h6-8,12,17-19H,3-5,9-11,13-14H2,1-2H3. The molecule has 0 spiro atoms. The summed E-state index contributed by atoms with van der Waals surface area (Å²) >= 11 is 0. The molecule has 1 atom stereocenters. The number of aryl methyl sites for hydroxylation is 1. The third-order valence-electron chi connectivity index (χ3n) is 3.20. The van der Waals surface area contributed by atoms with Crippen LogP contribution in [0.25, 0.3) is 0 Å². The number of anilines is 1. The van der Waals surface area contributed by atoms with Crippen molar-refractivity contribution in [3.63, 3.8) is 0 Å². The van der Waals surface area contributed by atoms with Crippen LogP contribution in [0.1, 0.15) is 32.3 Å². The molecule has 0 amide bonds. The number of aliphatic hydroxyl groups excluding tert-OH is 1. The fraction of sp³-hybridized carbons (Fsp3) is 0.647. The van der Waals surface area contributed by atoms with Gasteiger partial charge in [-0.25, -0.2) is 0 Å². The van der Waals surface area contributed by atoms with Crippen LogP contribution in [0, 0.1) is 0 Å². The molecule has 0 radical (unpaired) electrons. The Labute approximate surface area is 128 Å². The molecule has 0 heterocycles. The van der Waals surface area contributed by atoms with E-state index in [1.807, 2.05) is 12.1 Å². The fourth-order valence-corrected chi connectivity index (χ4v) is 1.88. The lowest BCUT2D eigenvalue weighted by Gasteiger charge is -2.14. The molecule has 0 aliphatic carbocycles. The second-order valence-electron chi connectivity index (χ2n) is 5.13. The summed E-state index contributed by atoms with van der Waals surface area (Å²) in [6.07, 6.45) is 2.73. The molecule has 0 bridgehead atoms. The van der Waals surface area contributed by atoms with Crippen LogP contribution in [0.5, 0.6) is 0 Å². The predicted octanol–water partition coefficient (Wildman–Crippen LogP) is 2.86. The van der Waals surface area contributed by atoms with Crippen LogP contribution in [-0.4, -0.2) is 44.2 Å². The van der Waals surface area contributed by atoms with Gasteiger partial charge < -0.3 is 19.9 Å². The molecule has 0 fully saturated rings. The van der Waals surface area contributed by atoms with E-state index in [-0.39, 0.29) is 0 Å². The maximum Gasteiger partial charge on any atom is 0.0945 e. The van der Waals surface area contributed by atoms with E-state index in [1.165, 1.54) is 5.56 Å². The molecule has 1 unspecified atom stereocenters. The van der Waals surface area contributed by atoms with Crippen molar-refractivity contribution in [2.24, 2.45) is 0 Å². The van der Waals surface area contributed by atoms with E-state index in [1.54, 1.807) is 0 Å². The van der Waals surface area contributed by atoms with Crippen LogP contribution in [0.15, 0.2) is 24.3 Å². The molecule has 4 nitrogen and oxygen atoms in total. The lowest BCUT2D eigenvalue weighted by atomic mass is 10.1. The Hall–Kier alpha value is -1.10. The Kier molecular flexibility index (Phi) is 9.87. The van der Waals surface area contributed by atoms with Crippen molar-refractivity contribution < 1.29 is 14.6 Å². The van der Waals surface area contributed by atoms with Crippen molar-refractivity contribution >= 4 is 5.69 Å². The minimum atomic E-state index is -0.508. The van der Waals surface area contributed by atoms with Crippen molar-refractivity contribution in [2.75, 3.05) is 38.3 Å². The van der Waals surface area contributed by atoms with Gasteiger partial charge in [-0.1, -0.05) is 32.4 Å². The Balaban J connectivity index is 2.06. The summed E-state index contributed by atoms with van der Waals surface area (Å²) in [5.74, 6) is 0. The fourth-order valence-electron chi connectivity index (χ4n) is 1.88. The first kappa shape index (κ1) is 18.0. The van der Waals surface area contributed by atoms with Gasteiger partial charge >= 0.3 is 0 Å². The summed E-state index contributed by atoms with van der Waals surface area (Å²) < 4.78 is 10.8. The van der Waals surface area contributed by atoms with E-state index < -0.39 is 6.10 Å². The summed E-state index contributed by atoms with van der Waals surface area (Å²) in [4.78, 5) is 0. The zero-order valence-corrected chi connectivity index (χ0v) is 13.3. The Morgan fingerprint density at radius 3 is 2.71 bits per heavy atom. The van der Waals surface area contributed by atoms with E-state index in [4.69, 9.17) is 9.47 Å². The van der Waals surface area contributed by atoms with Crippen LogP contribution >= 0.6 is 0 Å². The van der Waals surface area contributed by atoms with Crippen molar-refractivity contribution in [1.82, 2.24) is 0 Å². The van der Waals surface area contributed by atoms with E-state index in [0.717, 1.165) is 31.6 Å². The van der Waals surface area contributed by atoms with E-state index in [0.29, 0.717) is 26.4 Å². The molecular formula is C17H29NO3. The first-order chi connectivity index (χ1) is 10.3. The molecule has 0 aliphatic rings. The zero-order chi connectivity index (χ0) is 15.3. The van der Waals surface area contributed by atoms with Gasteiger partial charge in [0.15, 0.2) is 0 Å². The van der Waals surface area contributed by atoms with Gasteiger partial charge in [-0.2, -0.15) is 0 Å². The highest BCUT2D eigenvalue weighted by atomic mass is 16.5. The second kappa shape index (κ2) is 11.5. The van der Waals surface area contributed by atoms with Gasteiger partial charge in [0.25, 0.3) is 0 Å². The van der Waals surface area contributed by atoms with Gasteiger partial charge in [0.05, 0.1) is 25.9 Å². The van der Waals surface area contributed by atoms with Crippen LogP contribution in [0.4, 0.5) is 5.69 Å². The molecule has 2 N–H and O–H groups in total. The molecule has 120 valence electrons. The minimum absolute atomic E-state index is 0.331. The van der Waals surface area contributed by atoms with Crippen LogP contribution in [-0.2, 0) is 15.9 Å². The first-order valence-electron chi connectivity index (χ1n) is 7.92. The van der Waals surface area contributed by atoms with E-state index in [2.05, 4.69) is 31.3 Å². The molecule has 0 aliphatic heterocycles. The Morgan fingerprint density at radius 1 is 1.14 bits per heavy atom. The second-order valence-corrected chi connectivity index (χ2v) is 5.13. The van der Waals surface area contributed by atoms with E-state index >= 15 is 0 Å². The third kappa shape index (κ3) is 8.71. The highest BCUT2D eigenvalue weighted by Crippen LogP contribution is 2.10. The number of hydrogen-bond acceptors (Lipinski definition) is 4. The quantitative estimate of drug-likeness (QED) is 0.582. The third-order valence-corrected chi connectivity index (χ3v) is 3.20. The van der Waals surface area contributed by atoms with E-state index in [9.17, 15) is 5.11 Å². The van der Waals surface area contributed by atoms with Gasteiger partial charge in [0.1, 0.15) is 0 Å². The number of ether oxygens (including phenoxy) is 2. The largest absolute Gasteiger partial charge is 0.389 e. The summed E-state index contributed by atoms with van der Waals surface area (Å²) in [7, 11) is 0. The number of unbranched alkanes of at least 4 members (excludes halogenated alkanes) is 1. The monoisotopic (exact) mass is 295 g/mol. The van der Waals surface area contributed by atoms with Crippen molar-refractivity contribution in [1.29, 1.82) is 0 Å². The Morgan fingerprint density at radius 2 is 1.95 bits per heavy atom. The molecule has 0 aromatic heterocycles. The molecule has 0 saturated heterocycles. The highest BCUT2D eigenvalue weighted by Gasteiger charge is 2.04. The summed E-state index contributed by atoms with van der Waals surface area (Å²) in [5, 5.41) is 13.1. The first-order valence-corrected chi connectivity index (χ1v) is 7.92. The summed E-state index contributed by atoms with van der Waals surface area (Å²) in [5.41, 5.74) is 2.33. The van der Waals surface area contributed by atoms with Crippen molar-refractivity contribution in [2.45, 2.75) is 39.2 Å². The minimum Gasteiger partial charge on any atom is -0.389 e. The lowest BCUT2D eigenvalue weighted by Crippen LogP contribution is -2.25. The normalized spacial score (nSPS) is 12.3. The number of benzene rings is 1. The average molecular weight is 295 g/mol. The number of hydrogen-bond donors (Lipinski definition) is 2. The van der Waals surface area contributed by atoms with Crippen LogP contribution in [0.3, 0.4) is 0 Å². The number of nitrogens with one attached hydrogen (secondary N) is 1. The lowest BCUT2D eigenvalue weighted by molar-refractivity contribution is 0.00749. The molecule has 1 aromatic carbocycles. The van der Waals surface area contributed by atoms with Crippen molar-refractivity contribution in [3.05, 3.63) is 29.8 Å². The van der Waals surface area contributed by atoms with Gasteiger partial charge in [-0.15, -0.1) is 0 Å². The van der Waals surface area contributed by atoms with Crippen LogP contribution in [0.2, 0.25) is 0 Å². The van der Waals surface area contributed by atoms with Crippen molar-refractivity contribution in [3.8, 4) is 0 Å². The Bertz CT molecular complexity index is 371. The summed E-state index contributed by atoms with van der Waals surface area (Å²) in [6.45, 7) is 7.01. The van der Waals surface area contributed by atoms with Gasteiger partial charge in [-0.05, 0) is 30.5 Å². The maximum atomic E-state index is 9.85. The predicted molar refractivity (Wildman–Crippen MR) is 86.9 cm³/mol. The topological polar surface area (TPSA) is 50.7 Å². The maximum absolute atomic E-state index is 9.85. The molecular weight excluding hydrogens is 266 g/mol. The van der Waals surface area contributed by atoms with Gasteiger partial charge in [-0.3, -0.25) is 0 Å². The average Bonchev–Trinajstić information content (AvgIpc) is 2.52. The van der Waals surface area contributed by atoms with Crippen LogP contribution < -0.4 is 5.32 Å². The van der Waals surface area contributed by atoms with Gasteiger partial charge in [0.2, 0.25) is 0 Å². The number of aliphatic hydroxyl groups is 1. The smallest absolute Gasteiger partial charge is 0.0945 e. The number of rotatable bonds is 12.